The Morgan fingerprint density at radius 2 is 1.91 bits per heavy atom. The summed E-state index contributed by atoms with van der Waals surface area (Å²) in [5.74, 6) is -0.0304. The Hall–Kier alpha value is -1.86. The minimum Gasteiger partial charge on any atom is -0.343 e. The van der Waals surface area contributed by atoms with Crippen LogP contribution in [0.2, 0.25) is 0 Å². The van der Waals surface area contributed by atoms with Gasteiger partial charge in [0.1, 0.15) is 6.54 Å². The fourth-order valence-electron chi connectivity index (χ4n) is 4.36. The highest BCUT2D eigenvalue weighted by atomic mass is 79.9. The number of alkyl halides is 3. The first kappa shape index (κ1) is 24.8. The summed E-state index contributed by atoms with van der Waals surface area (Å²) in [7, 11) is 0. The second-order valence-electron chi connectivity index (χ2n) is 8.83. The Balaban J connectivity index is 1.51. The van der Waals surface area contributed by atoms with Crippen LogP contribution in [0, 0.1) is 12.8 Å². The van der Waals surface area contributed by atoms with Gasteiger partial charge in [-0.3, -0.25) is 4.79 Å². The summed E-state index contributed by atoms with van der Waals surface area (Å²) in [4.78, 5) is 14.5. The van der Waals surface area contributed by atoms with Crippen molar-refractivity contribution in [2.45, 2.75) is 51.7 Å². The van der Waals surface area contributed by atoms with Gasteiger partial charge in [-0.1, -0.05) is 45.8 Å². The number of nitrogens with zero attached hydrogens (tertiary/aromatic N) is 1. The van der Waals surface area contributed by atoms with E-state index in [4.69, 9.17) is 0 Å². The Morgan fingerprint density at radius 1 is 1.19 bits per heavy atom. The monoisotopic (exact) mass is 510 g/mol. The molecule has 7 heteroatoms. The van der Waals surface area contributed by atoms with Crippen LogP contribution in [0.5, 0.6) is 0 Å². The quantitative estimate of drug-likeness (QED) is 0.500. The molecule has 1 N–H and O–H groups in total. The van der Waals surface area contributed by atoms with E-state index in [9.17, 15) is 18.0 Å². The van der Waals surface area contributed by atoms with Crippen LogP contribution in [0.1, 0.15) is 46.8 Å². The lowest BCUT2D eigenvalue weighted by Crippen LogP contribution is -2.41. The summed E-state index contributed by atoms with van der Waals surface area (Å²) in [6.45, 7) is 5.03. The number of rotatable bonds is 7. The molecule has 1 aliphatic rings. The standard InChI is InChI=1S/C25H30BrF3N2O/c1-17-6-7-23(26)22(12-17)14-19-8-10-31(11-9-19)18(2)13-20-4-3-5-21(15-20)24(32)30-16-25(27,28)29/h3-7,12,15,18-19H,8-11,13-14,16H2,1-2H3,(H,30,32). The summed E-state index contributed by atoms with van der Waals surface area (Å²) in [6.07, 6.45) is -0.285. The second-order valence-corrected chi connectivity index (χ2v) is 9.68. The van der Waals surface area contributed by atoms with Crippen molar-refractivity contribution in [3.8, 4) is 0 Å². The molecule has 1 fully saturated rings. The topological polar surface area (TPSA) is 32.3 Å². The fourth-order valence-corrected chi connectivity index (χ4v) is 4.77. The van der Waals surface area contributed by atoms with Crippen LogP contribution in [0.3, 0.4) is 0 Å². The van der Waals surface area contributed by atoms with Crippen LogP contribution in [-0.4, -0.2) is 42.7 Å². The largest absolute Gasteiger partial charge is 0.405 e. The smallest absolute Gasteiger partial charge is 0.343 e. The zero-order valence-corrected chi connectivity index (χ0v) is 20.1. The van der Waals surface area contributed by atoms with E-state index >= 15 is 0 Å². The molecule has 1 aliphatic heterocycles. The summed E-state index contributed by atoms with van der Waals surface area (Å²) in [5.41, 5.74) is 3.88. The summed E-state index contributed by atoms with van der Waals surface area (Å²) >= 11 is 3.67. The molecule has 0 radical (unpaired) electrons. The number of amides is 1. The van der Waals surface area contributed by atoms with Crippen LogP contribution < -0.4 is 5.32 Å². The van der Waals surface area contributed by atoms with Crippen LogP contribution in [0.25, 0.3) is 0 Å². The number of piperidine rings is 1. The third-order valence-corrected chi connectivity index (χ3v) is 6.93. The maximum absolute atomic E-state index is 12.4. The van der Waals surface area contributed by atoms with Gasteiger partial charge in [-0.25, -0.2) is 0 Å². The second kappa shape index (κ2) is 10.8. The molecule has 1 atom stereocenters. The molecule has 0 saturated carbocycles. The first-order valence-electron chi connectivity index (χ1n) is 11.0. The van der Waals surface area contributed by atoms with Gasteiger partial charge < -0.3 is 10.2 Å². The normalized spacial score (nSPS) is 16.7. The first-order chi connectivity index (χ1) is 15.1. The number of hydrogen-bond acceptors (Lipinski definition) is 2. The van der Waals surface area contributed by atoms with Gasteiger partial charge in [0.15, 0.2) is 0 Å². The molecule has 2 aromatic carbocycles. The van der Waals surface area contributed by atoms with Gasteiger partial charge in [0.25, 0.3) is 5.91 Å². The van der Waals surface area contributed by atoms with Crippen LogP contribution >= 0.6 is 15.9 Å². The van der Waals surface area contributed by atoms with Crippen LogP contribution in [0.4, 0.5) is 13.2 Å². The molecule has 1 amide bonds. The van der Waals surface area contributed by atoms with Gasteiger partial charge in [0.05, 0.1) is 0 Å². The lowest BCUT2D eigenvalue weighted by molar-refractivity contribution is -0.123. The molecule has 174 valence electrons. The molecule has 1 heterocycles. The van der Waals surface area contributed by atoms with Crippen molar-refractivity contribution in [3.63, 3.8) is 0 Å². The lowest BCUT2D eigenvalue weighted by atomic mass is 9.89. The van der Waals surface area contributed by atoms with Crippen molar-refractivity contribution in [2.24, 2.45) is 5.92 Å². The Labute approximate surface area is 196 Å². The summed E-state index contributed by atoms with van der Waals surface area (Å²) in [6, 6.07) is 13.7. The van der Waals surface area contributed by atoms with E-state index in [-0.39, 0.29) is 5.56 Å². The molecule has 0 spiro atoms. The Bertz CT molecular complexity index is 924. The zero-order valence-electron chi connectivity index (χ0n) is 18.5. The predicted octanol–water partition coefficient (Wildman–Crippen LogP) is 5.94. The number of aryl methyl sites for hydroxylation is 1. The Morgan fingerprint density at radius 3 is 2.59 bits per heavy atom. The first-order valence-corrected chi connectivity index (χ1v) is 11.8. The number of carbonyl (C=O) groups excluding carboxylic acids is 1. The molecule has 0 bridgehead atoms. The number of nitrogens with one attached hydrogen (secondary N) is 1. The lowest BCUT2D eigenvalue weighted by Gasteiger charge is -2.36. The average molecular weight is 511 g/mol. The van der Waals surface area contributed by atoms with E-state index < -0.39 is 18.6 Å². The van der Waals surface area contributed by atoms with Crippen molar-refractivity contribution < 1.29 is 18.0 Å². The van der Waals surface area contributed by atoms with E-state index in [0.29, 0.717) is 12.0 Å². The SMILES string of the molecule is Cc1ccc(Br)c(CC2CCN(C(C)Cc3cccc(C(=O)NCC(F)(F)F)c3)CC2)c1. The summed E-state index contributed by atoms with van der Waals surface area (Å²) < 4.78 is 38.2. The maximum Gasteiger partial charge on any atom is 0.405 e. The van der Waals surface area contributed by atoms with Gasteiger partial charge >= 0.3 is 6.18 Å². The van der Waals surface area contributed by atoms with E-state index in [0.717, 1.165) is 44.3 Å². The van der Waals surface area contributed by atoms with Crippen LogP contribution in [0.15, 0.2) is 46.9 Å². The van der Waals surface area contributed by atoms with Crippen molar-refractivity contribution >= 4 is 21.8 Å². The molecule has 1 saturated heterocycles. The van der Waals surface area contributed by atoms with Crippen molar-refractivity contribution in [1.82, 2.24) is 10.2 Å². The van der Waals surface area contributed by atoms with Gasteiger partial charge in [-0.15, -0.1) is 0 Å². The Kier molecular flexibility index (Phi) is 8.39. The highest BCUT2D eigenvalue weighted by Gasteiger charge is 2.28. The molecule has 0 aliphatic carbocycles. The van der Waals surface area contributed by atoms with Gasteiger partial charge in [0.2, 0.25) is 0 Å². The fraction of sp³-hybridized carbons (Fsp3) is 0.480. The minimum atomic E-state index is -4.41. The third kappa shape index (κ3) is 7.34. The van der Waals surface area contributed by atoms with Crippen molar-refractivity contribution in [1.29, 1.82) is 0 Å². The molecule has 0 aromatic heterocycles. The van der Waals surface area contributed by atoms with E-state index in [1.165, 1.54) is 15.6 Å². The molecule has 3 nitrogen and oxygen atoms in total. The van der Waals surface area contributed by atoms with Gasteiger partial charge in [-0.05, 0) is 87.9 Å². The highest BCUT2D eigenvalue weighted by molar-refractivity contribution is 9.10. The third-order valence-electron chi connectivity index (χ3n) is 6.15. The molecular formula is C25H30BrF3N2O. The number of likely N-dealkylation sites (tertiary alicyclic amines) is 1. The maximum atomic E-state index is 12.4. The minimum absolute atomic E-state index is 0.265. The van der Waals surface area contributed by atoms with Crippen molar-refractivity contribution in [3.05, 3.63) is 69.2 Å². The molecule has 1 unspecified atom stereocenters. The van der Waals surface area contributed by atoms with Gasteiger partial charge in [-0.2, -0.15) is 13.2 Å². The van der Waals surface area contributed by atoms with Crippen molar-refractivity contribution in [2.75, 3.05) is 19.6 Å². The van der Waals surface area contributed by atoms with Gasteiger partial charge in [0, 0.05) is 16.1 Å². The number of hydrogen-bond donors (Lipinski definition) is 1. The predicted molar refractivity (Wildman–Crippen MR) is 125 cm³/mol. The number of carbonyl (C=O) groups is 1. The molecule has 2 aromatic rings. The number of benzene rings is 2. The molecular weight excluding hydrogens is 481 g/mol. The molecule has 32 heavy (non-hydrogen) atoms. The van der Waals surface area contributed by atoms with E-state index in [1.807, 2.05) is 11.4 Å². The van der Waals surface area contributed by atoms with E-state index in [2.05, 4.69) is 52.9 Å². The van der Waals surface area contributed by atoms with E-state index in [1.54, 1.807) is 18.2 Å². The van der Waals surface area contributed by atoms with Crippen LogP contribution in [-0.2, 0) is 12.8 Å². The average Bonchev–Trinajstić information content (AvgIpc) is 2.75. The molecule has 3 rings (SSSR count). The number of halogens is 4. The zero-order chi connectivity index (χ0) is 23.3. The highest BCUT2D eigenvalue weighted by Crippen LogP contribution is 2.28. The summed E-state index contributed by atoms with van der Waals surface area (Å²) in [5, 5.41) is 1.94.